The van der Waals surface area contributed by atoms with Gasteiger partial charge in [0.15, 0.2) is 11.6 Å². The Balaban J connectivity index is 2.11. The number of para-hydroxylation sites is 1. The van der Waals surface area contributed by atoms with Crippen LogP contribution in [0.25, 0.3) is 0 Å². The highest BCUT2D eigenvalue weighted by Gasteiger charge is 2.22. The summed E-state index contributed by atoms with van der Waals surface area (Å²) >= 11 is 0. The third-order valence-electron chi connectivity index (χ3n) is 2.31. The normalized spacial score (nSPS) is 13.2. The molecule has 6 heteroatoms. The van der Waals surface area contributed by atoms with Crippen molar-refractivity contribution in [3.63, 3.8) is 0 Å². The summed E-state index contributed by atoms with van der Waals surface area (Å²) in [6, 6.07) is 7.44. The van der Waals surface area contributed by atoms with Crippen LogP contribution in [0.1, 0.15) is 12.5 Å². The SMILES string of the molecule is CCOC(=O)N(N)C1=NOc2ccccc2C1. The Morgan fingerprint density at radius 3 is 3.12 bits per heavy atom. The van der Waals surface area contributed by atoms with Crippen molar-refractivity contribution >= 4 is 11.9 Å². The predicted molar refractivity (Wildman–Crippen MR) is 61.3 cm³/mol. The van der Waals surface area contributed by atoms with E-state index >= 15 is 0 Å². The summed E-state index contributed by atoms with van der Waals surface area (Å²) in [5, 5.41) is 4.65. The number of amidine groups is 1. The fourth-order valence-corrected chi connectivity index (χ4v) is 1.47. The van der Waals surface area contributed by atoms with Crippen molar-refractivity contribution in [2.45, 2.75) is 13.3 Å². The topological polar surface area (TPSA) is 77.2 Å². The van der Waals surface area contributed by atoms with E-state index in [1.807, 2.05) is 18.2 Å². The number of benzene rings is 1. The van der Waals surface area contributed by atoms with Gasteiger partial charge in [0.1, 0.15) is 0 Å². The highest BCUT2D eigenvalue weighted by molar-refractivity contribution is 5.96. The van der Waals surface area contributed by atoms with Crippen LogP contribution in [0.2, 0.25) is 0 Å². The number of fused-ring (bicyclic) bond motifs is 1. The minimum atomic E-state index is -0.644. The smallest absolute Gasteiger partial charge is 0.430 e. The van der Waals surface area contributed by atoms with Crippen LogP contribution < -0.4 is 10.7 Å². The molecule has 1 heterocycles. The predicted octanol–water partition coefficient (Wildman–Crippen LogP) is 1.27. The quantitative estimate of drug-likeness (QED) is 0.451. The van der Waals surface area contributed by atoms with Gasteiger partial charge in [0.05, 0.1) is 6.61 Å². The zero-order valence-electron chi connectivity index (χ0n) is 9.42. The molecule has 0 atom stereocenters. The Labute approximate surface area is 98.6 Å². The van der Waals surface area contributed by atoms with E-state index in [0.29, 0.717) is 18.0 Å². The Morgan fingerprint density at radius 2 is 2.35 bits per heavy atom. The number of amides is 1. The molecule has 2 N–H and O–H groups in total. The number of nitrogens with two attached hydrogens (primary N) is 1. The minimum Gasteiger partial charge on any atom is -0.448 e. The van der Waals surface area contributed by atoms with Crippen molar-refractivity contribution < 1.29 is 14.4 Å². The van der Waals surface area contributed by atoms with Gasteiger partial charge in [-0.3, -0.25) is 0 Å². The molecule has 0 saturated heterocycles. The van der Waals surface area contributed by atoms with Gasteiger partial charge >= 0.3 is 6.09 Å². The molecule has 90 valence electrons. The average molecular weight is 235 g/mol. The molecule has 1 amide bonds. The maximum absolute atomic E-state index is 11.4. The Morgan fingerprint density at radius 1 is 1.59 bits per heavy atom. The van der Waals surface area contributed by atoms with Crippen LogP contribution in [0.15, 0.2) is 29.4 Å². The van der Waals surface area contributed by atoms with Gasteiger partial charge in [-0.1, -0.05) is 23.4 Å². The fraction of sp³-hybridized carbons (Fsp3) is 0.273. The van der Waals surface area contributed by atoms with Crippen LogP contribution in [-0.4, -0.2) is 23.5 Å². The zero-order valence-corrected chi connectivity index (χ0v) is 9.42. The summed E-state index contributed by atoms with van der Waals surface area (Å²) in [6.45, 7) is 1.97. The second-order valence-electron chi connectivity index (χ2n) is 3.45. The van der Waals surface area contributed by atoms with Gasteiger partial charge in [0.25, 0.3) is 0 Å². The molecule has 0 radical (unpaired) electrons. The molecule has 1 aliphatic heterocycles. The fourth-order valence-electron chi connectivity index (χ4n) is 1.47. The molecule has 6 nitrogen and oxygen atoms in total. The Hall–Kier alpha value is -2.08. The van der Waals surface area contributed by atoms with Crippen molar-refractivity contribution in [1.82, 2.24) is 5.01 Å². The molecule has 0 spiro atoms. The first kappa shape index (κ1) is 11.4. The van der Waals surface area contributed by atoms with E-state index in [-0.39, 0.29) is 6.61 Å². The summed E-state index contributed by atoms with van der Waals surface area (Å²) in [4.78, 5) is 16.5. The molecule has 0 fully saturated rings. The van der Waals surface area contributed by atoms with Crippen LogP contribution >= 0.6 is 0 Å². The van der Waals surface area contributed by atoms with Crippen molar-refractivity contribution in [3.8, 4) is 5.75 Å². The Bertz CT molecular complexity index is 459. The molecule has 2 rings (SSSR count). The lowest BCUT2D eigenvalue weighted by molar-refractivity contribution is 0.126. The summed E-state index contributed by atoms with van der Waals surface area (Å²) < 4.78 is 4.77. The van der Waals surface area contributed by atoms with E-state index in [9.17, 15) is 4.79 Å². The lowest BCUT2D eigenvalue weighted by Crippen LogP contribution is -2.44. The maximum atomic E-state index is 11.4. The molecule has 0 unspecified atom stereocenters. The molecular weight excluding hydrogens is 222 g/mol. The van der Waals surface area contributed by atoms with E-state index in [4.69, 9.17) is 15.4 Å². The number of ether oxygens (including phenoxy) is 1. The number of nitrogens with zero attached hydrogens (tertiary/aromatic N) is 2. The maximum Gasteiger partial charge on any atom is 0.430 e. The molecule has 1 aromatic rings. The highest BCUT2D eigenvalue weighted by atomic mass is 16.6. The van der Waals surface area contributed by atoms with Gasteiger partial charge < -0.3 is 9.57 Å². The summed E-state index contributed by atoms with van der Waals surface area (Å²) in [5.74, 6) is 6.58. The molecule has 0 saturated carbocycles. The van der Waals surface area contributed by atoms with E-state index in [1.54, 1.807) is 13.0 Å². The number of carbonyl (C=O) groups is 1. The number of rotatable bonds is 1. The van der Waals surface area contributed by atoms with Crippen molar-refractivity contribution in [2.24, 2.45) is 11.0 Å². The number of hydrogen-bond donors (Lipinski definition) is 1. The third-order valence-corrected chi connectivity index (χ3v) is 2.31. The van der Waals surface area contributed by atoms with E-state index in [2.05, 4.69) is 5.16 Å². The van der Waals surface area contributed by atoms with Gasteiger partial charge in [0.2, 0.25) is 0 Å². The van der Waals surface area contributed by atoms with Crippen LogP contribution in [0.3, 0.4) is 0 Å². The standard InChI is InChI=1S/C11H13N3O3/c1-2-16-11(15)14(12)10-7-8-5-3-4-6-9(8)17-13-10/h3-6H,2,7,12H2,1H3. The molecule has 0 aliphatic carbocycles. The average Bonchev–Trinajstić information content (AvgIpc) is 2.37. The largest absolute Gasteiger partial charge is 0.448 e. The molecule has 0 bridgehead atoms. The number of hydrazine groups is 1. The van der Waals surface area contributed by atoms with E-state index in [0.717, 1.165) is 10.6 Å². The van der Waals surface area contributed by atoms with Gasteiger partial charge in [0, 0.05) is 12.0 Å². The van der Waals surface area contributed by atoms with Crippen molar-refractivity contribution in [1.29, 1.82) is 0 Å². The van der Waals surface area contributed by atoms with Crippen LogP contribution in [0, 0.1) is 0 Å². The first-order valence-corrected chi connectivity index (χ1v) is 5.25. The molecule has 1 aromatic carbocycles. The zero-order chi connectivity index (χ0) is 12.3. The first-order chi connectivity index (χ1) is 8.22. The first-order valence-electron chi connectivity index (χ1n) is 5.25. The molecule has 17 heavy (non-hydrogen) atoms. The molecule has 1 aliphatic rings. The van der Waals surface area contributed by atoms with E-state index in [1.165, 1.54) is 0 Å². The number of oxime groups is 1. The van der Waals surface area contributed by atoms with Crippen LogP contribution in [0.5, 0.6) is 5.75 Å². The van der Waals surface area contributed by atoms with Crippen molar-refractivity contribution in [2.75, 3.05) is 6.61 Å². The van der Waals surface area contributed by atoms with E-state index < -0.39 is 6.09 Å². The third kappa shape index (κ3) is 2.36. The van der Waals surface area contributed by atoms with Gasteiger partial charge in [-0.05, 0) is 13.0 Å². The van der Waals surface area contributed by atoms with Crippen LogP contribution in [0.4, 0.5) is 4.79 Å². The highest BCUT2D eigenvalue weighted by Crippen LogP contribution is 2.23. The summed E-state index contributed by atoms with van der Waals surface area (Å²) in [5.41, 5.74) is 0.928. The van der Waals surface area contributed by atoms with Gasteiger partial charge in [-0.2, -0.15) is 5.01 Å². The van der Waals surface area contributed by atoms with Crippen molar-refractivity contribution in [3.05, 3.63) is 29.8 Å². The second-order valence-corrected chi connectivity index (χ2v) is 3.45. The molecular formula is C11H13N3O3. The molecule has 0 aromatic heterocycles. The minimum absolute atomic E-state index is 0.261. The summed E-state index contributed by atoms with van der Waals surface area (Å²) in [6.07, 6.45) is -0.208. The van der Waals surface area contributed by atoms with Crippen LogP contribution in [-0.2, 0) is 11.2 Å². The monoisotopic (exact) mass is 235 g/mol. The second kappa shape index (κ2) is 4.84. The Kier molecular flexibility index (Phi) is 3.24. The lowest BCUT2D eigenvalue weighted by atomic mass is 10.1. The van der Waals surface area contributed by atoms with Gasteiger partial charge in [-0.15, -0.1) is 0 Å². The number of hydrogen-bond acceptors (Lipinski definition) is 5. The summed E-state index contributed by atoms with van der Waals surface area (Å²) in [7, 11) is 0. The number of carbonyl (C=O) groups excluding carboxylic acids is 1. The lowest BCUT2D eigenvalue weighted by Gasteiger charge is -2.21. The van der Waals surface area contributed by atoms with Gasteiger partial charge in [-0.25, -0.2) is 10.6 Å².